The lowest BCUT2D eigenvalue weighted by Crippen LogP contribution is -2.54. The van der Waals surface area contributed by atoms with Crippen LogP contribution in [0.3, 0.4) is 0 Å². The highest BCUT2D eigenvalue weighted by molar-refractivity contribution is 5.47. The van der Waals surface area contributed by atoms with Crippen LogP contribution in [0.25, 0.3) is 0 Å². The molecule has 0 unspecified atom stereocenters. The van der Waals surface area contributed by atoms with Crippen LogP contribution >= 0.6 is 0 Å². The van der Waals surface area contributed by atoms with Gasteiger partial charge in [0.25, 0.3) is 0 Å². The predicted octanol–water partition coefficient (Wildman–Crippen LogP) is 6.16. The van der Waals surface area contributed by atoms with Crippen LogP contribution in [-0.4, -0.2) is 24.8 Å². The van der Waals surface area contributed by atoms with Crippen LogP contribution in [0.2, 0.25) is 0 Å². The van der Waals surface area contributed by atoms with Crippen LogP contribution in [0.4, 0.5) is 5.69 Å². The van der Waals surface area contributed by atoms with Gasteiger partial charge in [0, 0.05) is 25.2 Å². The molecule has 2 heteroatoms. The van der Waals surface area contributed by atoms with Gasteiger partial charge in [-0.05, 0) is 106 Å². The van der Waals surface area contributed by atoms with Gasteiger partial charge in [-0.15, -0.1) is 5.92 Å². The average molecular weight is 418 g/mol. The molecule has 31 heavy (non-hydrogen) atoms. The zero-order chi connectivity index (χ0) is 21.8. The summed E-state index contributed by atoms with van der Waals surface area (Å²) < 4.78 is 0. The number of allylic oxidation sites excluding steroid dienone is 2. The molecule has 0 aliphatic heterocycles. The lowest BCUT2D eigenvalue weighted by atomic mass is 9.46. The first-order chi connectivity index (χ1) is 14.9. The van der Waals surface area contributed by atoms with Crippen molar-refractivity contribution in [2.75, 3.05) is 19.0 Å². The van der Waals surface area contributed by atoms with E-state index in [0.717, 1.165) is 31.1 Å². The van der Waals surface area contributed by atoms with Crippen molar-refractivity contribution in [2.24, 2.45) is 29.1 Å². The Morgan fingerprint density at radius 3 is 2.55 bits per heavy atom. The molecule has 166 valence electrons. The highest BCUT2D eigenvalue weighted by atomic mass is 16.3. The normalized spacial score (nSPS) is 41.2. The van der Waals surface area contributed by atoms with Gasteiger partial charge in [-0.25, -0.2) is 0 Å². The summed E-state index contributed by atoms with van der Waals surface area (Å²) in [6, 6.07) is 9.32. The van der Waals surface area contributed by atoms with E-state index in [0.29, 0.717) is 17.8 Å². The first-order valence-electron chi connectivity index (χ1n) is 12.5. The molecule has 0 radical (unpaired) electrons. The molecule has 1 aromatic carbocycles. The van der Waals surface area contributed by atoms with Crippen molar-refractivity contribution in [1.29, 1.82) is 0 Å². The third-order valence-electron chi connectivity index (χ3n) is 9.70. The van der Waals surface area contributed by atoms with Crippen molar-refractivity contribution >= 4 is 5.69 Å². The third-order valence-corrected chi connectivity index (χ3v) is 9.70. The van der Waals surface area contributed by atoms with Crippen molar-refractivity contribution < 1.29 is 5.11 Å². The third kappa shape index (κ3) is 3.19. The molecular weight excluding hydrogens is 378 g/mol. The Labute approximate surface area is 189 Å². The fourth-order valence-corrected chi connectivity index (χ4v) is 8.21. The molecule has 3 saturated carbocycles. The Morgan fingerprint density at radius 2 is 1.84 bits per heavy atom. The van der Waals surface area contributed by atoms with Gasteiger partial charge in [-0.3, -0.25) is 0 Å². The van der Waals surface area contributed by atoms with Crippen LogP contribution in [0.5, 0.6) is 0 Å². The van der Waals surface area contributed by atoms with Crippen molar-refractivity contribution in [3.8, 4) is 11.8 Å². The van der Waals surface area contributed by atoms with Gasteiger partial charge in [0.05, 0.1) is 0 Å². The molecule has 0 aromatic heterocycles. The first-order valence-corrected chi connectivity index (χ1v) is 12.5. The van der Waals surface area contributed by atoms with E-state index >= 15 is 0 Å². The molecule has 7 atom stereocenters. The maximum Gasteiger partial charge on any atom is 0.131 e. The van der Waals surface area contributed by atoms with Crippen LogP contribution in [0.1, 0.15) is 76.7 Å². The number of anilines is 1. The minimum atomic E-state index is -0.831. The zero-order valence-electron chi connectivity index (χ0n) is 19.8. The Hall–Kier alpha value is -1.72. The Kier molecular flexibility index (Phi) is 5.25. The van der Waals surface area contributed by atoms with Crippen LogP contribution in [-0.2, 0) is 0 Å². The van der Waals surface area contributed by atoms with E-state index in [9.17, 15) is 5.11 Å². The van der Waals surface area contributed by atoms with Gasteiger partial charge >= 0.3 is 0 Å². The largest absolute Gasteiger partial charge is 0.378 e. The molecule has 2 nitrogen and oxygen atoms in total. The minimum Gasteiger partial charge on any atom is -0.378 e. The maximum absolute atomic E-state index is 11.8. The molecule has 1 aromatic rings. The second-order valence-corrected chi connectivity index (χ2v) is 11.2. The number of hydrogen-bond donors (Lipinski definition) is 1. The maximum atomic E-state index is 11.8. The molecule has 0 saturated heterocycles. The first kappa shape index (κ1) is 21.1. The molecular formula is C29H39NO. The SMILES string of the molecule is CC#C[C@]1(O)CC[C@H]2[C@@H]3CCC4=CCCC[C@@H]4[C@H]3[C@@H](c3ccc(N(C)C)cc3)C[C@@]21C. The Morgan fingerprint density at radius 1 is 1.06 bits per heavy atom. The summed E-state index contributed by atoms with van der Waals surface area (Å²) in [5.41, 5.74) is 3.55. The van der Waals surface area contributed by atoms with Crippen molar-refractivity contribution in [2.45, 2.75) is 76.7 Å². The van der Waals surface area contributed by atoms with Crippen molar-refractivity contribution in [3.63, 3.8) is 0 Å². The summed E-state index contributed by atoms with van der Waals surface area (Å²) >= 11 is 0. The average Bonchev–Trinajstić information content (AvgIpc) is 3.03. The summed E-state index contributed by atoms with van der Waals surface area (Å²) in [4.78, 5) is 2.18. The topological polar surface area (TPSA) is 23.5 Å². The van der Waals surface area contributed by atoms with E-state index < -0.39 is 5.60 Å². The quantitative estimate of drug-likeness (QED) is 0.460. The molecule has 0 spiro atoms. The van der Waals surface area contributed by atoms with Gasteiger partial charge in [0.15, 0.2) is 0 Å². The van der Waals surface area contributed by atoms with Gasteiger partial charge in [0.1, 0.15) is 5.60 Å². The highest BCUT2D eigenvalue weighted by Gasteiger charge is 2.64. The summed E-state index contributed by atoms with van der Waals surface area (Å²) in [6.07, 6.45) is 12.2. The molecule has 4 aliphatic carbocycles. The smallest absolute Gasteiger partial charge is 0.131 e. The van der Waals surface area contributed by atoms with Crippen LogP contribution in [0, 0.1) is 40.9 Å². The second kappa shape index (κ2) is 7.70. The van der Waals surface area contributed by atoms with Crippen LogP contribution < -0.4 is 4.90 Å². The molecule has 0 bridgehead atoms. The van der Waals surface area contributed by atoms with E-state index in [4.69, 9.17) is 0 Å². The molecule has 3 fully saturated rings. The van der Waals surface area contributed by atoms with E-state index in [1.807, 2.05) is 6.92 Å². The number of nitrogens with zero attached hydrogens (tertiary/aromatic N) is 1. The molecule has 1 N–H and O–H groups in total. The molecule has 5 rings (SSSR count). The lowest BCUT2D eigenvalue weighted by molar-refractivity contribution is -0.0957. The van der Waals surface area contributed by atoms with E-state index in [2.05, 4.69) is 68.1 Å². The molecule has 0 amide bonds. The van der Waals surface area contributed by atoms with E-state index in [1.54, 1.807) is 5.57 Å². The number of benzene rings is 1. The van der Waals surface area contributed by atoms with Crippen molar-refractivity contribution in [3.05, 3.63) is 41.5 Å². The number of rotatable bonds is 2. The second-order valence-electron chi connectivity index (χ2n) is 11.2. The van der Waals surface area contributed by atoms with E-state index in [-0.39, 0.29) is 5.41 Å². The standard InChI is InChI=1S/C29H39NO/c1-5-17-29(31)18-16-26-24-15-12-20-8-6-7-9-23(20)27(24)25(19-28(26,29)2)21-10-13-22(14-11-21)30(3)4/h8,10-11,13-14,23-27,31H,6-7,9,12,15-16,18-19H2,1-4H3/t23-,24-,25+,26-,27+,28-,29-/m0/s1. The summed E-state index contributed by atoms with van der Waals surface area (Å²) in [7, 11) is 4.22. The fourth-order valence-electron chi connectivity index (χ4n) is 8.21. The zero-order valence-corrected chi connectivity index (χ0v) is 19.8. The Balaban J connectivity index is 1.60. The Bertz CT molecular complexity index is 918. The van der Waals surface area contributed by atoms with Crippen molar-refractivity contribution in [1.82, 2.24) is 0 Å². The van der Waals surface area contributed by atoms with Gasteiger partial charge in [0.2, 0.25) is 0 Å². The number of hydrogen-bond acceptors (Lipinski definition) is 2. The highest BCUT2D eigenvalue weighted by Crippen LogP contribution is 2.68. The summed E-state index contributed by atoms with van der Waals surface area (Å²) in [6.45, 7) is 4.26. The van der Waals surface area contributed by atoms with Crippen LogP contribution in [0.15, 0.2) is 35.9 Å². The van der Waals surface area contributed by atoms with Gasteiger partial charge in [-0.1, -0.05) is 36.6 Å². The number of aliphatic hydroxyl groups is 1. The minimum absolute atomic E-state index is 0.113. The summed E-state index contributed by atoms with van der Waals surface area (Å²) in [5, 5.41) is 11.8. The van der Waals surface area contributed by atoms with Gasteiger partial charge in [-0.2, -0.15) is 0 Å². The fraction of sp³-hybridized carbons (Fsp3) is 0.655. The molecule has 4 aliphatic rings. The lowest BCUT2D eigenvalue weighted by Gasteiger charge is -2.58. The predicted molar refractivity (Wildman–Crippen MR) is 129 cm³/mol. The van der Waals surface area contributed by atoms with Gasteiger partial charge < -0.3 is 10.0 Å². The monoisotopic (exact) mass is 417 g/mol. The number of fused-ring (bicyclic) bond motifs is 5. The summed E-state index contributed by atoms with van der Waals surface area (Å²) in [5.74, 6) is 9.68. The van der Waals surface area contributed by atoms with E-state index in [1.165, 1.54) is 43.4 Å². The molecule has 0 heterocycles.